The van der Waals surface area contributed by atoms with E-state index in [1.165, 1.54) is 12.8 Å². The van der Waals surface area contributed by atoms with Gasteiger partial charge in [0.1, 0.15) is 6.10 Å². The molecule has 2 saturated heterocycles. The second-order valence-corrected chi connectivity index (χ2v) is 6.84. The lowest BCUT2D eigenvalue weighted by molar-refractivity contribution is 0.169. The molecule has 0 saturated carbocycles. The lowest BCUT2D eigenvalue weighted by atomic mass is 10.2. The number of aliphatic hydroxyl groups is 1. The Balaban J connectivity index is 1.52. The quantitative estimate of drug-likeness (QED) is 0.836. The topological polar surface area (TPSA) is 48.8 Å². The van der Waals surface area contributed by atoms with Crippen LogP contribution in [0.4, 0.5) is 5.82 Å². The van der Waals surface area contributed by atoms with E-state index in [1.54, 1.807) is 0 Å². The number of aliphatic hydroxyl groups excluding tert-OH is 1. The highest BCUT2D eigenvalue weighted by Gasteiger charge is 2.26. The van der Waals surface area contributed by atoms with Gasteiger partial charge in [-0.25, -0.2) is 4.98 Å². The molecule has 2 aliphatic heterocycles. The molecule has 3 rings (SSSR count). The van der Waals surface area contributed by atoms with Gasteiger partial charge in [0.25, 0.3) is 0 Å². The molecule has 5 heteroatoms. The standard InChI is InChI=1S/C18H29N3O2/c1-15(22)6-5-10-20-13-8-16(14-20)23-17-7-4-9-19-18(17)21-11-2-3-12-21/h4,7,9,15-16,22H,2-3,5-6,8,10-14H2,1H3/t15-,16+/m0/s1. The highest BCUT2D eigenvalue weighted by molar-refractivity contribution is 5.52. The van der Waals surface area contributed by atoms with Gasteiger partial charge in [-0.05, 0) is 57.7 Å². The van der Waals surface area contributed by atoms with Crippen molar-refractivity contribution < 1.29 is 9.84 Å². The third kappa shape index (κ3) is 4.58. The maximum Gasteiger partial charge on any atom is 0.171 e. The van der Waals surface area contributed by atoms with Gasteiger partial charge in [-0.3, -0.25) is 4.90 Å². The summed E-state index contributed by atoms with van der Waals surface area (Å²) >= 11 is 0. The lowest BCUT2D eigenvalue weighted by Crippen LogP contribution is -2.27. The summed E-state index contributed by atoms with van der Waals surface area (Å²) in [6.07, 6.45) is 7.42. The molecule has 5 nitrogen and oxygen atoms in total. The van der Waals surface area contributed by atoms with Crippen LogP contribution in [0.25, 0.3) is 0 Å². The minimum absolute atomic E-state index is 0.192. The van der Waals surface area contributed by atoms with Crippen molar-refractivity contribution in [2.45, 2.75) is 51.2 Å². The van der Waals surface area contributed by atoms with E-state index < -0.39 is 0 Å². The largest absolute Gasteiger partial charge is 0.485 e. The zero-order chi connectivity index (χ0) is 16.1. The maximum absolute atomic E-state index is 9.35. The van der Waals surface area contributed by atoms with Crippen molar-refractivity contribution in [2.75, 3.05) is 37.6 Å². The normalized spacial score (nSPS) is 23.4. The first kappa shape index (κ1) is 16.5. The van der Waals surface area contributed by atoms with Crippen LogP contribution in [0.15, 0.2) is 18.3 Å². The number of pyridine rings is 1. The molecule has 23 heavy (non-hydrogen) atoms. The molecule has 0 radical (unpaired) electrons. The van der Waals surface area contributed by atoms with Crippen molar-refractivity contribution in [2.24, 2.45) is 0 Å². The summed E-state index contributed by atoms with van der Waals surface area (Å²) in [7, 11) is 0. The van der Waals surface area contributed by atoms with Crippen molar-refractivity contribution >= 4 is 5.82 Å². The Morgan fingerprint density at radius 3 is 2.96 bits per heavy atom. The summed E-state index contributed by atoms with van der Waals surface area (Å²) in [5.41, 5.74) is 0. The fourth-order valence-corrected chi connectivity index (χ4v) is 3.53. The van der Waals surface area contributed by atoms with Crippen LogP contribution in [0, 0.1) is 0 Å². The molecule has 0 amide bonds. The molecule has 0 unspecified atom stereocenters. The van der Waals surface area contributed by atoms with E-state index in [0.717, 1.165) is 63.6 Å². The van der Waals surface area contributed by atoms with Crippen molar-refractivity contribution in [3.63, 3.8) is 0 Å². The Labute approximate surface area is 139 Å². The molecule has 1 aromatic heterocycles. The third-order valence-electron chi connectivity index (χ3n) is 4.78. The highest BCUT2D eigenvalue weighted by Crippen LogP contribution is 2.30. The first-order valence-corrected chi connectivity index (χ1v) is 8.99. The molecule has 3 heterocycles. The molecule has 2 atom stereocenters. The SMILES string of the molecule is C[C@H](O)CCCN1CC[C@@H](Oc2cccnc2N2CCCC2)C1. The third-order valence-corrected chi connectivity index (χ3v) is 4.78. The van der Waals surface area contributed by atoms with E-state index in [-0.39, 0.29) is 12.2 Å². The average Bonchev–Trinajstić information content (AvgIpc) is 3.19. The Bertz CT molecular complexity index is 489. The van der Waals surface area contributed by atoms with Crippen molar-refractivity contribution in [3.8, 4) is 5.75 Å². The molecule has 128 valence electrons. The Morgan fingerprint density at radius 1 is 1.35 bits per heavy atom. The predicted octanol–water partition coefficient (Wildman–Crippen LogP) is 2.30. The summed E-state index contributed by atoms with van der Waals surface area (Å²) in [5.74, 6) is 1.95. The van der Waals surface area contributed by atoms with E-state index in [4.69, 9.17) is 4.74 Å². The summed E-state index contributed by atoms with van der Waals surface area (Å²) in [6, 6.07) is 4.01. The van der Waals surface area contributed by atoms with Crippen LogP contribution in [0.3, 0.4) is 0 Å². The van der Waals surface area contributed by atoms with Crippen LogP contribution < -0.4 is 9.64 Å². The fraction of sp³-hybridized carbons (Fsp3) is 0.722. The summed E-state index contributed by atoms with van der Waals surface area (Å²) in [6.45, 7) is 7.15. The van der Waals surface area contributed by atoms with Gasteiger partial charge in [0, 0.05) is 32.4 Å². The molecule has 0 aromatic carbocycles. The first-order valence-electron chi connectivity index (χ1n) is 8.99. The number of hydrogen-bond acceptors (Lipinski definition) is 5. The molecule has 0 aliphatic carbocycles. The molecule has 2 aliphatic rings. The summed E-state index contributed by atoms with van der Waals surface area (Å²) in [5, 5.41) is 9.35. The number of nitrogens with zero attached hydrogens (tertiary/aromatic N) is 3. The molecule has 2 fully saturated rings. The van der Waals surface area contributed by atoms with E-state index in [1.807, 2.05) is 19.2 Å². The predicted molar refractivity (Wildman–Crippen MR) is 92.1 cm³/mol. The van der Waals surface area contributed by atoms with Gasteiger partial charge in [0.05, 0.1) is 6.10 Å². The van der Waals surface area contributed by atoms with Gasteiger partial charge in [-0.2, -0.15) is 0 Å². The minimum atomic E-state index is -0.192. The van der Waals surface area contributed by atoms with Gasteiger partial charge in [-0.15, -0.1) is 0 Å². The highest BCUT2D eigenvalue weighted by atomic mass is 16.5. The first-order chi connectivity index (χ1) is 11.2. The van der Waals surface area contributed by atoms with Crippen LogP contribution in [-0.4, -0.2) is 59.9 Å². The molecule has 0 bridgehead atoms. The number of ether oxygens (including phenoxy) is 1. The Kier molecular flexibility index (Phi) is 5.73. The number of rotatable bonds is 7. The lowest BCUT2D eigenvalue weighted by Gasteiger charge is -2.22. The number of hydrogen-bond donors (Lipinski definition) is 1. The fourth-order valence-electron chi connectivity index (χ4n) is 3.53. The van der Waals surface area contributed by atoms with Crippen LogP contribution in [0.1, 0.15) is 39.0 Å². The van der Waals surface area contributed by atoms with Gasteiger partial charge >= 0.3 is 0 Å². The van der Waals surface area contributed by atoms with Crippen LogP contribution in [-0.2, 0) is 0 Å². The zero-order valence-electron chi connectivity index (χ0n) is 14.2. The number of likely N-dealkylation sites (tertiary alicyclic amines) is 1. The molecule has 1 aromatic rings. The molecule has 1 N–H and O–H groups in total. The van der Waals surface area contributed by atoms with Crippen LogP contribution >= 0.6 is 0 Å². The van der Waals surface area contributed by atoms with Crippen LogP contribution in [0.5, 0.6) is 5.75 Å². The summed E-state index contributed by atoms with van der Waals surface area (Å²) in [4.78, 5) is 9.33. The van der Waals surface area contributed by atoms with Gasteiger partial charge < -0.3 is 14.7 Å². The van der Waals surface area contributed by atoms with Gasteiger partial charge in [-0.1, -0.05) is 0 Å². The van der Waals surface area contributed by atoms with E-state index in [9.17, 15) is 5.11 Å². The van der Waals surface area contributed by atoms with Gasteiger partial charge in [0.15, 0.2) is 11.6 Å². The average molecular weight is 319 g/mol. The second-order valence-electron chi connectivity index (χ2n) is 6.84. The van der Waals surface area contributed by atoms with Crippen molar-refractivity contribution in [1.82, 2.24) is 9.88 Å². The van der Waals surface area contributed by atoms with Crippen molar-refractivity contribution in [1.29, 1.82) is 0 Å². The Morgan fingerprint density at radius 2 is 2.17 bits per heavy atom. The van der Waals surface area contributed by atoms with Crippen molar-refractivity contribution in [3.05, 3.63) is 18.3 Å². The Hall–Kier alpha value is -1.33. The van der Waals surface area contributed by atoms with E-state index in [2.05, 4.69) is 20.9 Å². The van der Waals surface area contributed by atoms with E-state index >= 15 is 0 Å². The molecular formula is C18H29N3O2. The number of anilines is 1. The zero-order valence-corrected chi connectivity index (χ0v) is 14.2. The molecular weight excluding hydrogens is 290 g/mol. The second kappa shape index (κ2) is 7.97. The van der Waals surface area contributed by atoms with E-state index in [0.29, 0.717) is 0 Å². The monoisotopic (exact) mass is 319 g/mol. The smallest absolute Gasteiger partial charge is 0.171 e. The molecule has 0 spiro atoms. The van der Waals surface area contributed by atoms with Gasteiger partial charge in [0.2, 0.25) is 0 Å². The minimum Gasteiger partial charge on any atom is -0.485 e. The summed E-state index contributed by atoms with van der Waals surface area (Å²) < 4.78 is 6.28. The van der Waals surface area contributed by atoms with Crippen LogP contribution in [0.2, 0.25) is 0 Å². The number of aromatic nitrogens is 1. The maximum atomic E-state index is 9.35.